The summed E-state index contributed by atoms with van der Waals surface area (Å²) < 4.78 is 10.5. The maximum atomic E-state index is 12.8. The molecule has 3 rings (SSSR count). The van der Waals surface area contributed by atoms with Crippen molar-refractivity contribution in [3.63, 3.8) is 0 Å². The Morgan fingerprint density at radius 2 is 1.77 bits per heavy atom. The first-order valence-corrected chi connectivity index (χ1v) is 10.6. The second-order valence-corrected chi connectivity index (χ2v) is 7.77. The number of benzene rings is 2. The molecule has 0 radical (unpaired) electrons. The van der Waals surface area contributed by atoms with E-state index in [0.717, 1.165) is 22.2 Å². The minimum absolute atomic E-state index is 0.260. The number of likely N-dealkylation sites (N-methyl/N-ethyl adjacent to an activating group) is 1. The van der Waals surface area contributed by atoms with Crippen molar-refractivity contribution in [2.24, 2.45) is 0 Å². The smallest absolute Gasteiger partial charge is 0.294 e. The monoisotopic (exact) mass is 440 g/mol. The molecular formula is C23H24N2O5S. The Bertz CT molecular complexity index is 1010. The highest BCUT2D eigenvalue weighted by molar-refractivity contribution is 8.18. The highest BCUT2D eigenvalue weighted by Gasteiger charge is 2.37. The first-order chi connectivity index (χ1) is 15.0. The Labute approximate surface area is 185 Å². The molecule has 0 N–H and O–H groups in total. The van der Waals surface area contributed by atoms with Crippen LogP contribution in [0.5, 0.6) is 11.5 Å². The summed E-state index contributed by atoms with van der Waals surface area (Å²) in [6.07, 6.45) is 1.61. The van der Waals surface area contributed by atoms with Gasteiger partial charge >= 0.3 is 0 Å². The van der Waals surface area contributed by atoms with Crippen molar-refractivity contribution >= 4 is 34.9 Å². The van der Waals surface area contributed by atoms with Crippen molar-refractivity contribution in [3.05, 3.63) is 64.6 Å². The summed E-state index contributed by atoms with van der Waals surface area (Å²) in [6.45, 7) is 2.49. The predicted octanol–water partition coefficient (Wildman–Crippen LogP) is 3.79. The summed E-state index contributed by atoms with van der Waals surface area (Å²) in [5.74, 6) is 0.330. The highest BCUT2D eigenvalue weighted by Crippen LogP contribution is 2.34. The van der Waals surface area contributed by atoms with Crippen LogP contribution in [0.25, 0.3) is 6.08 Å². The van der Waals surface area contributed by atoms with Gasteiger partial charge in [0.2, 0.25) is 5.91 Å². The van der Waals surface area contributed by atoms with E-state index in [1.54, 1.807) is 29.2 Å². The van der Waals surface area contributed by atoms with Gasteiger partial charge in [0.1, 0.15) is 6.54 Å². The maximum Gasteiger partial charge on any atom is 0.294 e. The number of imide groups is 1. The predicted molar refractivity (Wildman–Crippen MR) is 120 cm³/mol. The van der Waals surface area contributed by atoms with Crippen LogP contribution in [0, 0.1) is 0 Å². The van der Waals surface area contributed by atoms with Crippen molar-refractivity contribution in [2.75, 3.05) is 27.3 Å². The zero-order chi connectivity index (χ0) is 22.4. The molecule has 31 heavy (non-hydrogen) atoms. The summed E-state index contributed by atoms with van der Waals surface area (Å²) in [4.78, 5) is 40.9. The topological polar surface area (TPSA) is 76.2 Å². The standard InChI is InChI=1S/C23H24N2O5S/c1-4-24(14-16-8-6-5-7-9-16)21(26)15-25-22(27)20(31-23(25)28)13-17-10-11-18(29-2)19(12-17)30-3/h5-13H,4,14-15H2,1-3H3. The Balaban J connectivity index is 1.72. The molecule has 1 heterocycles. The van der Waals surface area contributed by atoms with Gasteiger partial charge in [-0.15, -0.1) is 0 Å². The van der Waals surface area contributed by atoms with E-state index in [0.29, 0.717) is 30.2 Å². The number of rotatable bonds is 8. The zero-order valence-corrected chi connectivity index (χ0v) is 18.5. The molecule has 0 aliphatic carbocycles. The fraction of sp³-hybridized carbons (Fsp3) is 0.261. The first kappa shape index (κ1) is 22.4. The van der Waals surface area contributed by atoms with E-state index >= 15 is 0 Å². The lowest BCUT2D eigenvalue weighted by atomic mass is 10.2. The fourth-order valence-corrected chi connectivity index (χ4v) is 3.98. The minimum atomic E-state index is -0.478. The number of amides is 3. The van der Waals surface area contributed by atoms with Gasteiger partial charge in [0, 0.05) is 13.1 Å². The second kappa shape index (κ2) is 10.2. The third-order valence-corrected chi connectivity index (χ3v) is 5.73. The third kappa shape index (κ3) is 5.27. The van der Waals surface area contributed by atoms with Crippen LogP contribution in [0.2, 0.25) is 0 Å². The fourth-order valence-electron chi connectivity index (χ4n) is 3.15. The number of carbonyl (C=O) groups excluding carboxylic acids is 3. The van der Waals surface area contributed by atoms with Gasteiger partial charge in [0.05, 0.1) is 19.1 Å². The minimum Gasteiger partial charge on any atom is -0.493 e. The van der Waals surface area contributed by atoms with Crippen LogP contribution in [0.4, 0.5) is 4.79 Å². The number of thioether (sulfide) groups is 1. The molecule has 1 aliphatic rings. The van der Waals surface area contributed by atoms with E-state index in [2.05, 4.69) is 0 Å². The van der Waals surface area contributed by atoms with Gasteiger partial charge in [-0.05, 0) is 48.0 Å². The van der Waals surface area contributed by atoms with Gasteiger partial charge in [-0.1, -0.05) is 36.4 Å². The van der Waals surface area contributed by atoms with Crippen molar-refractivity contribution in [1.82, 2.24) is 9.80 Å². The van der Waals surface area contributed by atoms with E-state index < -0.39 is 11.1 Å². The van der Waals surface area contributed by atoms with Crippen LogP contribution in [-0.2, 0) is 16.1 Å². The van der Waals surface area contributed by atoms with E-state index in [9.17, 15) is 14.4 Å². The molecule has 1 saturated heterocycles. The molecule has 0 spiro atoms. The number of hydrogen-bond acceptors (Lipinski definition) is 6. The average molecular weight is 441 g/mol. The molecule has 8 heteroatoms. The summed E-state index contributed by atoms with van der Waals surface area (Å²) in [7, 11) is 3.06. The summed E-state index contributed by atoms with van der Waals surface area (Å²) in [5, 5.41) is -0.458. The number of ether oxygens (including phenoxy) is 2. The lowest BCUT2D eigenvalue weighted by molar-refractivity contribution is -0.136. The zero-order valence-electron chi connectivity index (χ0n) is 17.7. The quantitative estimate of drug-likeness (QED) is 0.582. The van der Waals surface area contributed by atoms with E-state index in [1.807, 2.05) is 37.3 Å². The van der Waals surface area contributed by atoms with Crippen LogP contribution < -0.4 is 9.47 Å². The van der Waals surface area contributed by atoms with E-state index in [-0.39, 0.29) is 17.4 Å². The molecule has 7 nitrogen and oxygen atoms in total. The van der Waals surface area contributed by atoms with Gasteiger partial charge in [-0.3, -0.25) is 19.3 Å². The van der Waals surface area contributed by atoms with Crippen LogP contribution in [-0.4, -0.2) is 54.2 Å². The molecule has 0 bridgehead atoms. The normalized spacial score (nSPS) is 14.8. The molecule has 1 aliphatic heterocycles. The molecule has 0 aromatic heterocycles. The third-order valence-electron chi connectivity index (χ3n) is 4.82. The molecule has 2 aromatic carbocycles. The lowest BCUT2D eigenvalue weighted by Gasteiger charge is -2.23. The Kier molecular flexibility index (Phi) is 7.36. The van der Waals surface area contributed by atoms with Crippen LogP contribution >= 0.6 is 11.8 Å². The van der Waals surface area contributed by atoms with Gasteiger partial charge < -0.3 is 14.4 Å². The Morgan fingerprint density at radius 3 is 2.42 bits per heavy atom. The van der Waals surface area contributed by atoms with Gasteiger partial charge in [0.25, 0.3) is 11.1 Å². The van der Waals surface area contributed by atoms with Crippen LogP contribution in [0.15, 0.2) is 53.4 Å². The summed E-state index contributed by atoms with van der Waals surface area (Å²) in [6, 6.07) is 14.8. The molecule has 3 amide bonds. The van der Waals surface area contributed by atoms with Crippen LogP contribution in [0.3, 0.4) is 0 Å². The van der Waals surface area contributed by atoms with E-state index in [4.69, 9.17) is 9.47 Å². The second-order valence-electron chi connectivity index (χ2n) is 6.78. The number of nitrogens with zero attached hydrogens (tertiary/aromatic N) is 2. The van der Waals surface area contributed by atoms with Gasteiger partial charge in [-0.2, -0.15) is 0 Å². The molecule has 0 saturated carbocycles. The maximum absolute atomic E-state index is 12.8. The summed E-state index contributed by atoms with van der Waals surface area (Å²) >= 11 is 0.821. The molecule has 0 unspecified atom stereocenters. The number of hydrogen-bond donors (Lipinski definition) is 0. The van der Waals surface area contributed by atoms with Crippen LogP contribution in [0.1, 0.15) is 18.1 Å². The summed E-state index contributed by atoms with van der Waals surface area (Å²) in [5.41, 5.74) is 1.67. The molecule has 0 atom stereocenters. The SMILES string of the molecule is CCN(Cc1ccccc1)C(=O)CN1C(=O)SC(=Cc2ccc(OC)c(OC)c2)C1=O. The van der Waals surface area contributed by atoms with Gasteiger partial charge in [-0.25, -0.2) is 0 Å². The average Bonchev–Trinajstić information content (AvgIpc) is 3.05. The number of methoxy groups -OCH3 is 2. The van der Waals surface area contributed by atoms with Gasteiger partial charge in [0.15, 0.2) is 11.5 Å². The molecule has 1 fully saturated rings. The van der Waals surface area contributed by atoms with Crippen molar-refractivity contribution in [3.8, 4) is 11.5 Å². The number of carbonyl (C=O) groups is 3. The Hall–Kier alpha value is -3.26. The highest BCUT2D eigenvalue weighted by atomic mass is 32.2. The van der Waals surface area contributed by atoms with Crippen molar-refractivity contribution in [2.45, 2.75) is 13.5 Å². The molecule has 2 aromatic rings. The van der Waals surface area contributed by atoms with E-state index in [1.165, 1.54) is 14.2 Å². The first-order valence-electron chi connectivity index (χ1n) is 9.76. The molecule has 162 valence electrons. The van der Waals surface area contributed by atoms with Crippen molar-refractivity contribution < 1.29 is 23.9 Å². The lowest BCUT2D eigenvalue weighted by Crippen LogP contribution is -2.41. The Morgan fingerprint density at radius 1 is 1.06 bits per heavy atom. The largest absolute Gasteiger partial charge is 0.493 e. The van der Waals surface area contributed by atoms with Crippen molar-refractivity contribution in [1.29, 1.82) is 0 Å². The molecular weight excluding hydrogens is 416 g/mol.